The maximum Gasteiger partial charge on any atom is 0.313 e. The number of hydrogen-bond acceptors (Lipinski definition) is 4. The lowest BCUT2D eigenvalue weighted by atomic mass is 9.50. The fourth-order valence-corrected chi connectivity index (χ4v) is 6.24. The molecule has 3 aliphatic carbocycles. The molecule has 0 unspecified atom stereocenters. The monoisotopic (exact) mass is 296 g/mol. The maximum atomic E-state index is 12.8. The number of fused-ring (bicyclic) bond motifs is 2. The Balaban J connectivity index is 1.76. The van der Waals surface area contributed by atoms with E-state index in [4.69, 9.17) is 9.47 Å². The average Bonchev–Trinajstić information content (AvgIpc) is 2.92. The first-order valence-corrected chi connectivity index (χ1v) is 8.16. The van der Waals surface area contributed by atoms with Gasteiger partial charge in [0.05, 0.1) is 17.6 Å². The summed E-state index contributed by atoms with van der Waals surface area (Å²) < 4.78 is 12.2. The van der Waals surface area contributed by atoms with Crippen molar-refractivity contribution in [2.24, 2.45) is 17.3 Å². The summed E-state index contributed by atoms with van der Waals surface area (Å²) in [4.78, 5) is 24.7. The molecule has 1 aromatic carbocycles. The molecule has 0 N–H and O–H groups in total. The van der Waals surface area contributed by atoms with Crippen LogP contribution in [-0.2, 0) is 20.7 Å². The third-order valence-electron chi connectivity index (χ3n) is 7.05. The van der Waals surface area contributed by atoms with E-state index in [1.165, 1.54) is 5.56 Å². The molecule has 3 saturated heterocycles. The van der Waals surface area contributed by atoms with Crippen LogP contribution < -0.4 is 5.43 Å². The van der Waals surface area contributed by atoms with E-state index in [-0.39, 0.29) is 47.5 Å². The second-order valence-corrected chi connectivity index (χ2v) is 7.55. The van der Waals surface area contributed by atoms with Crippen LogP contribution in [0.5, 0.6) is 0 Å². The van der Waals surface area contributed by atoms with Crippen molar-refractivity contribution < 1.29 is 14.3 Å². The molecule has 4 heteroatoms. The third-order valence-corrected chi connectivity index (χ3v) is 7.05. The van der Waals surface area contributed by atoms with E-state index in [1.54, 1.807) is 12.1 Å². The van der Waals surface area contributed by atoms with Crippen molar-refractivity contribution >= 4 is 5.97 Å². The van der Waals surface area contributed by atoms with Crippen molar-refractivity contribution in [1.29, 1.82) is 0 Å². The topological polar surface area (TPSA) is 52.6 Å². The summed E-state index contributed by atoms with van der Waals surface area (Å²) in [6.45, 7) is 2.15. The van der Waals surface area contributed by atoms with E-state index in [0.29, 0.717) is 0 Å². The molecule has 7 atom stereocenters. The Morgan fingerprint density at radius 1 is 1.23 bits per heavy atom. The van der Waals surface area contributed by atoms with E-state index in [0.717, 1.165) is 24.0 Å². The number of aryl methyl sites for hydroxylation is 1. The Morgan fingerprint density at radius 2 is 2.09 bits per heavy atom. The van der Waals surface area contributed by atoms with Gasteiger partial charge in [-0.1, -0.05) is 13.0 Å². The summed E-state index contributed by atoms with van der Waals surface area (Å²) in [7, 11) is 0. The molecule has 6 aliphatic rings. The minimum atomic E-state index is -0.436. The van der Waals surface area contributed by atoms with Gasteiger partial charge in [-0.3, -0.25) is 9.59 Å². The van der Waals surface area contributed by atoms with Crippen LogP contribution in [0.1, 0.15) is 42.1 Å². The van der Waals surface area contributed by atoms with Crippen molar-refractivity contribution in [3.63, 3.8) is 0 Å². The average molecular weight is 296 g/mol. The highest BCUT2D eigenvalue weighted by Gasteiger charge is 2.76. The first kappa shape index (κ1) is 11.8. The molecule has 0 amide bonds. The summed E-state index contributed by atoms with van der Waals surface area (Å²) >= 11 is 0. The molecule has 1 saturated carbocycles. The molecule has 3 aliphatic heterocycles. The second-order valence-electron chi connectivity index (χ2n) is 7.55. The van der Waals surface area contributed by atoms with Gasteiger partial charge >= 0.3 is 5.97 Å². The third kappa shape index (κ3) is 0.969. The predicted molar refractivity (Wildman–Crippen MR) is 76.4 cm³/mol. The molecule has 7 rings (SSSR count). The molecule has 4 bridgehead atoms. The number of hydrogen-bond donors (Lipinski definition) is 0. The van der Waals surface area contributed by atoms with Gasteiger partial charge in [-0.15, -0.1) is 0 Å². The van der Waals surface area contributed by atoms with Crippen LogP contribution >= 0.6 is 0 Å². The fourth-order valence-electron chi connectivity index (χ4n) is 6.24. The van der Waals surface area contributed by atoms with Crippen LogP contribution in [0.25, 0.3) is 0 Å². The fraction of sp³-hybridized carbons (Fsp3) is 0.556. The van der Waals surface area contributed by atoms with Crippen molar-refractivity contribution in [3.05, 3.63) is 45.1 Å². The molecule has 0 radical (unpaired) electrons. The van der Waals surface area contributed by atoms with Crippen LogP contribution in [0.3, 0.4) is 0 Å². The summed E-state index contributed by atoms with van der Waals surface area (Å²) in [6.07, 6.45) is 1.49. The molecular formula is C18H16O4. The van der Waals surface area contributed by atoms with Crippen LogP contribution in [0.15, 0.2) is 23.0 Å². The lowest BCUT2D eigenvalue weighted by Gasteiger charge is -2.57. The van der Waals surface area contributed by atoms with Gasteiger partial charge in [0.25, 0.3) is 0 Å². The second kappa shape index (κ2) is 3.30. The van der Waals surface area contributed by atoms with Gasteiger partial charge in [-0.25, -0.2) is 0 Å². The summed E-state index contributed by atoms with van der Waals surface area (Å²) in [5.41, 5.74) is 3.10. The SMILES string of the molecule is C[C@@H]1[C@H]2O[C@H]3c4ccc(=O)cc5c4[C@@H]4[C@H]3[C@H]2OC(=O)[C@]14CC5. The molecule has 22 heavy (non-hydrogen) atoms. The van der Waals surface area contributed by atoms with Gasteiger partial charge in [0, 0.05) is 17.8 Å². The Morgan fingerprint density at radius 3 is 2.95 bits per heavy atom. The first-order valence-electron chi connectivity index (χ1n) is 8.16. The van der Waals surface area contributed by atoms with Gasteiger partial charge in [-0.2, -0.15) is 0 Å². The highest BCUT2D eigenvalue weighted by molar-refractivity contribution is 5.83. The van der Waals surface area contributed by atoms with E-state index in [2.05, 4.69) is 6.92 Å². The van der Waals surface area contributed by atoms with E-state index in [9.17, 15) is 9.59 Å². The zero-order valence-corrected chi connectivity index (χ0v) is 12.2. The van der Waals surface area contributed by atoms with Gasteiger partial charge in [0.2, 0.25) is 0 Å². The number of esters is 1. The van der Waals surface area contributed by atoms with Gasteiger partial charge in [0.1, 0.15) is 6.10 Å². The number of ether oxygens (including phenoxy) is 2. The molecule has 1 aromatic rings. The molecule has 0 aromatic heterocycles. The maximum absolute atomic E-state index is 12.8. The normalized spacial score (nSPS) is 48.5. The van der Waals surface area contributed by atoms with Crippen LogP contribution in [0, 0.1) is 17.3 Å². The minimum Gasteiger partial charge on any atom is -0.459 e. The Bertz CT molecular complexity index is 815. The van der Waals surface area contributed by atoms with Gasteiger partial charge in [-0.05, 0) is 41.7 Å². The van der Waals surface area contributed by atoms with E-state index in [1.807, 2.05) is 6.07 Å². The molecule has 4 fully saturated rings. The standard InChI is InChI=1S/C18H16O4/c1-7-14-16-12-13-11-8(4-5-18(7,13)17(20)22-16)6-9(19)2-3-10(11)15(12)21-14/h2-3,6-7,12-16H,4-5H2,1H3/t7-,12-,13-,14-,15+,16-,18-/m1/s1. The van der Waals surface area contributed by atoms with Crippen LogP contribution in [0.2, 0.25) is 0 Å². The Hall–Kier alpha value is -1.68. The highest BCUT2D eigenvalue weighted by atomic mass is 16.6. The first-order chi connectivity index (χ1) is 10.6. The number of carbonyl (C=O) groups excluding carboxylic acids is 1. The number of rotatable bonds is 0. The lowest BCUT2D eigenvalue weighted by molar-refractivity contribution is -0.215. The van der Waals surface area contributed by atoms with Crippen LogP contribution in [0.4, 0.5) is 0 Å². The predicted octanol–water partition coefficient (Wildman–Crippen LogP) is 1.71. The minimum absolute atomic E-state index is 0.00363. The zero-order chi connectivity index (χ0) is 14.8. The van der Waals surface area contributed by atoms with Crippen molar-refractivity contribution in [2.45, 2.75) is 44.0 Å². The lowest BCUT2D eigenvalue weighted by Crippen LogP contribution is -2.64. The Kier molecular flexibility index (Phi) is 1.78. The Labute approximate surface area is 127 Å². The summed E-state index contributed by atoms with van der Waals surface area (Å²) in [5.74, 6) is 0.608. The zero-order valence-electron chi connectivity index (χ0n) is 12.2. The van der Waals surface area contributed by atoms with Crippen molar-refractivity contribution in [2.75, 3.05) is 0 Å². The largest absolute Gasteiger partial charge is 0.459 e. The smallest absolute Gasteiger partial charge is 0.313 e. The molecule has 112 valence electrons. The summed E-state index contributed by atoms with van der Waals surface area (Å²) in [6, 6.07) is 5.34. The molecular weight excluding hydrogens is 280 g/mol. The van der Waals surface area contributed by atoms with Crippen LogP contribution in [-0.4, -0.2) is 18.2 Å². The molecule has 4 nitrogen and oxygen atoms in total. The molecule has 3 heterocycles. The van der Waals surface area contributed by atoms with E-state index >= 15 is 0 Å². The van der Waals surface area contributed by atoms with Gasteiger partial charge in [0.15, 0.2) is 5.43 Å². The number of carbonyl (C=O) groups is 1. The summed E-state index contributed by atoms with van der Waals surface area (Å²) in [5, 5.41) is 0. The molecule has 1 spiro atoms. The van der Waals surface area contributed by atoms with E-state index < -0.39 is 5.41 Å². The van der Waals surface area contributed by atoms with Gasteiger partial charge < -0.3 is 9.47 Å². The van der Waals surface area contributed by atoms with Crippen molar-refractivity contribution in [3.8, 4) is 0 Å². The van der Waals surface area contributed by atoms with Crippen molar-refractivity contribution in [1.82, 2.24) is 0 Å². The highest BCUT2D eigenvalue weighted by Crippen LogP contribution is 2.73. The quantitative estimate of drug-likeness (QED) is 0.684.